The van der Waals surface area contributed by atoms with Crippen LogP contribution in [0.25, 0.3) is 10.2 Å². The van der Waals surface area contributed by atoms with Gasteiger partial charge in [-0.3, -0.25) is 9.36 Å². The van der Waals surface area contributed by atoms with Crippen molar-refractivity contribution in [1.82, 2.24) is 14.9 Å². The van der Waals surface area contributed by atoms with Gasteiger partial charge in [-0.15, -0.1) is 11.3 Å². The van der Waals surface area contributed by atoms with Gasteiger partial charge in [0.25, 0.3) is 5.56 Å². The molecule has 2 heterocycles. The summed E-state index contributed by atoms with van der Waals surface area (Å²) in [6.07, 6.45) is 5.29. The molecule has 0 fully saturated rings. The second kappa shape index (κ2) is 9.37. The zero-order valence-corrected chi connectivity index (χ0v) is 18.3. The number of aromatic nitrogens is 2. The van der Waals surface area contributed by atoms with Crippen molar-refractivity contribution >= 4 is 21.6 Å². The van der Waals surface area contributed by atoms with E-state index in [-0.39, 0.29) is 23.5 Å². The number of benzene rings is 1. The van der Waals surface area contributed by atoms with Gasteiger partial charge in [0.2, 0.25) is 0 Å². The lowest BCUT2D eigenvalue weighted by Gasteiger charge is -2.23. The normalized spacial score (nSPS) is 16.3. The summed E-state index contributed by atoms with van der Waals surface area (Å²) in [5, 5.41) is 4.27. The van der Waals surface area contributed by atoms with Crippen molar-refractivity contribution in [3.05, 3.63) is 62.8 Å². The van der Waals surface area contributed by atoms with Crippen LogP contribution in [-0.2, 0) is 30.7 Å². The maximum Gasteiger partial charge on any atom is 0.262 e. The second-order valence-electron chi connectivity index (χ2n) is 8.11. The first-order valence-electron chi connectivity index (χ1n) is 10.6. The summed E-state index contributed by atoms with van der Waals surface area (Å²) < 4.78 is 21.2. The van der Waals surface area contributed by atoms with E-state index in [1.165, 1.54) is 10.9 Å². The van der Waals surface area contributed by atoms with Crippen LogP contribution in [0, 0.1) is 5.82 Å². The Morgan fingerprint density at radius 2 is 2.20 bits per heavy atom. The number of hydrogen-bond donors (Lipinski definition) is 1. The van der Waals surface area contributed by atoms with Gasteiger partial charge in [0.15, 0.2) is 0 Å². The van der Waals surface area contributed by atoms with Gasteiger partial charge in [0.1, 0.15) is 10.6 Å². The van der Waals surface area contributed by atoms with Crippen molar-refractivity contribution in [3.63, 3.8) is 0 Å². The Morgan fingerprint density at radius 1 is 1.37 bits per heavy atom. The molecule has 0 spiro atoms. The summed E-state index contributed by atoms with van der Waals surface area (Å²) in [6, 6.07) is 7.15. The predicted octanol–water partition coefficient (Wildman–Crippen LogP) is 4.06. The number of halogens is 1. The topological polar surface area (TPSA) is 56.2 Å². The average Bonchev–Trinajstić information content (AvgIpc) is 3.10. The summed E-state index contributed by atoms with van der Waals surface area (Å²) >= 11 is 1.62. The molecular weight excluding hydrogens is 401 g/mol. The van der Waals surface area contributed by atoms with Crippen molar-refractivity contribution in [3.8, 4) is 0 Å². The van der Waals surface area contributed by atoms with E-state index < -0.39 is 0 Å². The summed E-state index contributed by atoms with van der Waals surface area (Å²) in [7, 11) is 0. The third-order valence-electron chi connectivity index (χ3n) is 5.57. The molecule has 7 heteroatoms. The Labute approximate surface area is 179 Å². The molecule has 0 amide bonds. The minimum atomic E-state index is -0.174. The molecule has 30 heavy (non-hydrogen) atoms. The summed E-state index contributed by atoms with van der Waals surface area (Å²) in [5.41, 5.74) is 1.90. The van der Waals surface area contributed by atoms with Gasteiger partial charge in [0.05, 0.1) is 17.8 Å². The van der Waals surface area contributed by atoms with Gasteiger partial charge in [-0.2, -0.15) is 0 Å². The first kappa shape index (κ1) is 21.2. The molecule has 1 aliphatic carbocycles. The van der Waals surface area contributed by atoms with Gasteiger partial charge >= 0.3 is 0 Å². The van der Waals surface area contributed by atoms with Crippen LogP contribution in [-0.4, -0.2) is 28.3 Å². The monoisotopic (exact) mass is 429 g/mol. The van der Waals surface area contributed by atoms with E-state index >= 15 is 0 Å². The fourth-order valence-corrected chi connectivity index (χ4v) is 5.24. The molecular formula is C23H28FN3O2S. The van der Waals surface area contributed by atoms with E-state index in [1.807, 2.05) is 26.0 Å². The first-order chi connectivity index (χ1) is 14.5. The molecule has 1 atom stereocenters. The lowest BCUT2D eigenvalue weighted by atomic mass is 9.93. The smallest absolute Gasteiger partial charge is 0.262 e. The maximum absolute atomic E-state index is 13.9. The van der Waals surface area contributed by atoms with Crippen LogP contribution in [0.5, 0.6) is 0 Å². The van der Waals surface area contributed by atoms with Crippen molar-refractivity contribution in [2.45, 2.75) is 64.8 Å². The highest BCUT2D eigenvalue weighted by atomic mass is 32.1. The maximum atomic E-state index is 13.9. The Morgan fingerprint density at radius 3 is 3.00 bits per heavy atom. The molecule has 0 radical (unpaired) electrons. The number of nitrogens with one attached hydrogen (secondary N) is 1. The highest BCUT2D eigenvalue weighted by Gasteiger charge is 2.25. The summed E-state index contributed by atoms with van der Waals surface area (Å²) in [5.74, 6) is -0.174. The van der Waals surface area contributed by atoms with Gasteiger partial charge in [0, 0.05) is 36.2 Å². The Kier molecular flexibility index (Phi) is 6.61. The SMILES string of the molecule is CC(C)OCCCn1cnc2sc3c(c2c1=O)CC[C@H](NCc1ccccc1F)C3. The summed E-state index contributed by atoms with van der Waals surface area (Å²) in [6.45, 7) is 5.79. The molecule has 0 aliphatic heterocycles. The van der Waals surface area contributed by atoms with Crippen LogP contribution in [0.4, 0.5) is 4.39 Å². The van der Waals surface area contributed by atoms with Crippen molar-refractivity contribution in [2.75, 3.05) is 6.61 Å². The fourth-order valence-electron chi connectivity index (χ4n) is 3.98. The fraction of sp³-hybridized carbons (Fsp3) is 0.478. The molecule has 0 unspecified atom stereocenters. The molecule has 1 aromatic carbocycles. The number of fused-ring (bicyclic) bond motifs is 3. The minimum Gasteiger partial charge on any atom is -0.379 e. The number of nitrogens with zero attached hydrogens (tertiary/aromatic N) is 2. The van der Waals surface area contributed by atoms with Crippen LogP contribution < -0.4 is 10.9 Å². The lowest BCUT2D eigenvalue weighted by Crippen LogP contribution is -2.34. The van der Waals surface area contributed by atoms with Gasteiger partial charge in [-0.05, 0) is 51.2 Å². The van der Waals surface area contributed by atoms with Gasteiger partial charge in [-0.1, -0.05) is 18.2 Å². The van der Waals surface area contributed by atoms with Crippen LogP contribution >= 0.6 is 11.3 Å². The van der Waals surface area contributed by atoms with Gasteiger partial charge in [-0.25, -0.2) is 9.37 Å². The first-order valence-corrected chi connectivity index (χ1v) is 11.4. The van der Waals surface area contributed by atoms with E-state index in [9.17, 15) is 9.18 Å². The third kappa shape index (κ3) is 4.63. The lowest BCUT2D eigenvalue weighted by molar-refractivity contribution is 0.0747. The van der Waals surface area contributed by atoms with E-state index in [0.717, 1.165) is 41.5 Å². The quantitative estimate of drug-likeness (QED) is 0.549. The minimum absolute atomic E-state index is 0.0554. The van der Waals surface area contributed by atoms with E-state index in [1.54, 1.807) is 28.3 Å². The highest BCUT2D eigenvalue weighted by molar-refractivity contribution is 7.18. The molecule has 160 valence electrons. The third-order valence-corrected chi connectivity index (χ3v) is 6.73. The van der Waals surface area contributed by atoms with Gasteiger partial charge < -0.3 is 10.1 Å². The molecule has 0 bridgehead atoms. The highest BCUT2D eigenvalue weighted by Crippen LogP contribution is 2.33. The largest absolute Gasteiger partial charge is 0.379 e. The molecule has 5 nitrogen and oxygen atoms in total. The zero-order chi connectivity index (χ0) is 21.1. The van der Waals surface area contributed by atoms with Crippen LogP contribution in [0.15, 0.2) is 35.4 Å². The zero-order valence-electron chi connectivity index (χ0n) is 17.5. The van der Waals surface area contributed by atoms with E-state index in [0.29, 0.717) is 25.3 Å². The number of aryl methyl sites for hydroxylation is 2. The molecule has 1 aliphatic rings. The number of rotatable bonds is 8. The van der Waals surface area contributed by atoms with E-state index in [4.69, 9.17) is 4.74 Å². The predicted molar refractivity (Wildman–Crippen MR) is 119 cm³/mol. The molecule has 0 saturated carbocycles. The Balaban J connectivity index is 1.45. The van der Waals surface area contributed by atoms with E-state index in [2.05, 4.69) is 10.3 Å². The number of thiophene rings is 1. The molecule has 3 aromatic rings. The second-order valence-corrected chi connectivity index (χ2v) is 9.20. The van der Waals surface area contributed by atoms with Crippen molar-refractivity contribution in [2.24, 2.45) is 0 Å². The number of ether oxygens (including phenoxy) is 1. The average molecular weight is 430 g/mol. The van der Waals surface area contributed by atoms with Crippen LogP contribution in [0.1, 0.15) is 42.7 Å². The van der Waals surface area contributed by atoms with Crippen LogP contribution in [0.3, 0.4) is 0 Å². The number of hydrogen-bond acceptors (Lipinski definition) is 5. The standard InChI is InChI=1S/C23H28FN3O2S/c1-15(2)29-11-5-10-27-14-26-22-21(23(27)28)18-9-8-17(12-20(18)30-22)25-13-16-6-3-4-7-19(16)24/h3-4,6-7,14-15,17,25H,5,8-13H2,1-2H3/t17-/m0/s1. The summed E-state index contributed by atoms with van der Waals surface area (Å²) in [4.78, 5) is 19.7. The van der Waals surface area contributed by atoms with Crippen molar-refractivity contribution in [1.29, 1.82) is 0 Å². The molecule has 0 saturated heterocycles. The molecule has 1 N–H and O–H groups in total. The van der Waals surface area contributed by atoms with Crippen LogP contribution in [0.2, 0.25) is 0 Å². The Hall–Kier alpha value is -2.09. The van der Waals surface area contributed by atoms with Crippen molar-refractivity contribution < 1.29 is 9.13 Å². The molecule has 2 aromatic heterocycles. The molecule has 4 rings (SSSR count). The Bertz CT molecular complexity index is 1080.